The molecule has 3 heterocycles. The van der Waals surface area contributed by atoms with E-state index in [9.17, 15) is 13.2 Å². The van der Waals surface area contributed by atoms with Crippen molar-refractivity contribution in [1.29, 1.82) is 0 Å². The Kier molecular flexibility index (Phi) is 5.20. The van der Waals surface area contributed by atoms with Gasteiger partial charge in [-0.05, 0) is 26.8 Å². The van der Waals surface area contributed by atoms with E-state index in [4.69, 9.17) is 4.52 Å². The molecule has 0 unspecified atom stereocenters. The molecule has 0 saturated carbocycles. The molecule has 1 saturated heterocycles. The number of aromatic nitrogens is 3. The number of aryl methyl sites for hydroxylation is 3. The molecule has 0 aliphatic carbocycles. The molecule has 0 spiro atoms. The van der Waals surface area contributed by atoms with Crippen LogP contribution < -0.4 is 0 Å². The number of benzene rings is 1. The van der Waals surface area contributed by atoms with Crippen LogP contribution in [0.2, 0.25) is 0 Å². The lowest BCUT2D eigenvalue weighted by Gasteiger charge is -2.33. The van der Waals surface area contributed by atoms with E-state index >= 15 is 0 Å². The van der Waals surface area contributed by atoms with Crippen molar-refractivity contribution >= 4 is 15.9 Å². The molecule has 3 aromatic rings. The second-order valence-electron chi connectivity index (χ2n) is 7.38. The molecule has 4 rings (SSSR count). The zero-order valence-corrected chi connectivity index (χ0v) is 17.9. The van der Waals surface area contributed by atoms with Crippen molar-refractivity contribution in [2.24, 2.45) is 0 Å². The number of sulfonamides is 1. The Balaban J connectivity index is 1.44. The lowest BCUT2D eigenvalue weighted by atomic mass is 10.1. The van der Waals surface area contributed by atoms with Crippen molar-refractivity contribution < 1.29 is 17.7 Å². The topological polar surface area (TPSA) is 112 Å². The van der Waals surface area contributed by atoms with Crippen molar-refractivity contribution in [3.63, 3.8) is 0 Å². The van der Waals surface area contributed by atoms with E-state index in [-0.39, 0.29) is 29.7 Å². The van der Waals surface area contributed by atoms with Crippen LogP contribution in [0, 0.1) is 20.8 Å². The Morgan fingerprint density at radius 2 is 1.73 bits per heavy atom. The molecule has 0 bridgehead atoms. The molecule has 1 N–H and O–H groups in total. The van der Waals surface area contributed by atoms with Gasteiger partial charge in [0.25, 0.3) is 5.91 Å². The zero-order chi connectivity index (χ0) is 21.5. The number of rotatable bonds is 4. The Morgan fingerprint density at radius 1 is 1.07 bits per heavy atom. The van der Waals surface area contributed by atoms with Crippen LogP contribution in [0.1, 0.15) is 27.5 Å². The van der Waals surface area contributed by atoms with E-state index in [0.717, 1.165) is 11.1 Å². The van der Waals surface area contributed by atoms with Gasteiger partial charge in [-0.25, -0.2) is 8.42 Å². The second-order valence-corrected chi connectivity index (χ2v) is 9.26. The number of amides is 1. The first kappa shape index (κ1) is 20.3. The summed E-state index contributed by atoms with van der Waals surface area (Å²) in [6.07, 6.45) is 0. The Hall–Kier alpha value is -2.98. The van der Waals surface area contributed by atoms with Crippen molar-refractivity contribution in [1.82, 2.24) is 24.6 Å². The highest BCUT2D eigenvalue weighted by Gasteiger charge is 2.34. The van der Waals surface area contributed by atoms with Crippen LogP contribution in [0.25, 0.3) is 11.3 Å². The largest absolute Gasteiger partial charge is 0.360 e. The third-order valence-corrected chi connectivity index (χ3v) is 7.39. The first-order valence-electron chi connectivity index (χ1n) is 9.62. The lowest BCUT2D eigenvalue weighted by molar-refractivity contribution is 0.0692. The number of nitrogens with zero attached hydrogens (tertiary/aromatic N) is 4. The van der Waals surface area contributed by atoms with Gasteiger partial charge in [0, 0.05) is 31.7 Å². The van der Waals surface area contributed by atoms with Crippen molar-refractivity contribution in [2.45, 2.75) is 25.7 Å². The number of H-pyrrole nitrogens is 1. The molecule has 2 aromatic heterocycles. The maximum Gasteiger partial charge on any atom is 0.271 e. The highest BCUT2D eigenvalue weighted by molar-refractivity contribution is 7.89. The number of nitrogens with one attached hydrogen (secondary N) is 1. The lowest BCUT2D eigenvalue weighted by Crippen LogP contribution is -2.50. The van der Waals surface area contributed by atoms with Gasteiger partial charge in [0.2, 0.25) is 10.0 Å². The minimum atomic E-state index is -3.71. The Bertz CT molecular complexity index is 1150. The number of piperazine rings is 1. The summed E-state index contributed by atoms with van der Waals surface area (Å²) >= 11 is 0. The van der Waals surface area contributed by atoms with Crippen molar-refractivity contribution in [3.8, 4) is 11.3 Å². The van der Waals surface area contributed by atoms with Gasteiger partial charge in [-0.3, -0.25) is 9.89 Å². The summed E-state index contributed by atoms with van der Waals surface area (Å²) in [6.45, 7) is 6.19. The van der Waals surface area contributed by atoms with E-state index < -0.39 is 10.0 Å². The summed E-state index contributed by atoms with van der Waals surface area (Å²) in [5, 5.41) is 10.8. The summed E-state index contributed by atoms with van der Waals surface area (Å²) in [4.78, 5) is 14.6. The summed E-state index contributed by atoms with van der Waals surface area (Å²) in [5.74, 6) is 0.0716. The van der Waals surface area contributed by atoms with Crippen LogP contribution in [0.3, 0.4) is 0 Å². The van der Waals surface area contributed by atoms with Gasteiger partial charge in [-0.1, -0.05) is 35.0 Å². The third-order valence-electron chi connectivity index (χ3n) is 5.25. The minimum Gasteiger partial charge on any atom is -0.360 e. The van der Waals surface area contributed by atoms with Crippen LogP contribution in [0.4, 0.5) is 0 Å². The molecule has 1 amide bonds. The van der Waals surface area contributed by atoms with Crippen LogP contribution in [-0.4, -0.2) is 65.1 Å². The molecule has 10 heteroatoms. The summed E-state index contributed by atoms with van der Waals surface area (Å²) < 4.78 is 32.2. The normalized spacial score (nSPS) is 15.5. The predicted octanol–water partition coefficient (Wildman–Crippen LogP) is 2.14. The molecule has 158 valence electrons. The highest BCUT2D eigenvalue weighted by Crippen LogP contribution is 2.25. The minimum absolute atomic E-state index is 0.110. The smallest absolute Gasteiger partial charge is 0.271 e. The van der Waals surface area contributed by atoms with Gasteiger partial charge in [-0.2, -0.15) is 9.40 Å². The van der Waals surface area contributed by atoms with Crippen molar-refractivity contribution in [3.05, 3.63) is 53.0 Å². The number of hydrogen-bond acceptors (Lipinski definition) is 6. The summed E-state index contributed by atoms with van der Waals surface area (Å²) in [6, 6.07) is 9.62. The molecule has 1 aromatic carbocycles. The highest BCUT2D eigenvalue weighted by atomic mass is 32.2. The van der Waals surface area contributed by atoms with E-state index in [1.54, 1.807) is 24.8 Å². The van der Waals surface area contributed by atoms with Crippen molar-refractivity contribution in [2.75, 3.05) is 26.2 Å². The van der Waals surface area contributed by atoms with E-state index in [2.05, 4.69) is 15.4 Å². The maximum atomic E-state index is 12.9. The first-order valence-corrected chi connectivity index (χ1v) is 11.1. The van der Waals surface area contributed by atoms with E-state index in [0.29, 0.717) is 30.2 Å². The number of hydrogen-bond donors (Lipinski definition) is 1. The molecule has 0 radical (unpaired) electrons. The van der Waals surface area contributed by atoms with E-state index in [1.807, 2.05) is 31.2 Å². The molecule has 0 atom stereocenters. The van der Waals surface area contributed by atoms with Crippen LogP contribution >= 0.6 is 0 Å². The maximum absolute atomic E-state index is 12.9. The SMILES string of the molecule is Cc1ccc(-c2cc(C(=O)N3CCN(S(=O)(=O)c4c(C)noc4C)CC3)[nH]n2)cc1. The van der Waals surface area contributed by atoms with Crippen LogP contribution in [0.5, 0.6) is 0 Å². The standard InChI is InChI=1S/C20H23N5O4S/c1-13-4-6-16(7-5-13)17-12-18(22-21-17)20(26)24-8-10-25(11-9-24)30(27,28)19-14(2)23-29-15(19)3/h4-7,12H,8-11H2,1-3H3,(H,21,22). The molecular weight excluding hydrogens is 406 g/mol. The monoisotopic (exact) mass is 429 g/mol. The molecule has 30 heavy (non-hydrogen) atoms. The number of carbonyl (C=O) groups excluding carboxylic acids is 1. The molecular formula is C20H23N5O4S. The first-order chi connectivity index (χ1) is 14.3. The summed E-state index contributed by atoms with van der Waals surface area (Å²) in [7, 11) is -3.71. The van der Waals surface area contributed by atoms with E-state index in [1.165, 1.54) is 4.31 Å². The van der Waals surface area contributed by atoms with Gasteiger partial charge in [0.1, 0.15) is 16.3 Å². The third kappa shape index (κ3) is 3.63. The van der Waals surface area contributed by atoms with Crippen LogP contribution in [0.15, 0.2) is 39.8 Å². The predicted molar refractivity (Wildman–Crippen MR) is 109 cm³/mol. The van der Waals surface area contributed by atoms with Gasteiger partial charge < -0.3 is 9.42 Å². The fourth-order valence-corrected chi connectivity index (χ4v) is 5.29. The quantitative estimate of drug-likeness (QED) is 0.680. The van der Waals surface area contributed by atoms with Gasteiger partial charge >= 0.3 is 0 Å². The molecule has 1 aliphatic rings. The Labute approximate surface area is 174 Å². The fraction of sp³-hybridized carbons (Fsp3) is 0.350. The van der Waals surface area contributed by atoms with Gasteiger partial charge in [-0.15, -0.1) is 0 Å². The zero-order valence-electron chi connectivity index (χ0n) is 17.0. The fourth-order valence-electron chi connectivity index (χ4n) is 3.58. The number of aromatic amines is 1. The Morgan fingerprint density at radius 3 is 2.33 bits per heavy atom. The number of carbonyl (C=O) groups is 1. The van der Waals surface area contributed by atoms with Gasteiger partial charge in [0.15, 0.2) is 5.76 Å². The summed E-state index contributed by atoms with van der Waals surface area (Å²) in [5.41, 5.74) is 3.49. The molecule has 1 aliphatic heterocycles. The average Bonchev–Trinajstić information content (AvgIpc) is 3.35. The molecule has 9 nitrogen and oxygen atoms in total. The van der Waals surface area contributed by atoms with Gasteiger partial charge in [0.05, 0.1) is 5.69 Å². The molecule has 1 fully saturated rings. The second kappa shape index (κ2) is 7.69. The van der Waals surface area contributed by atoms with Crippen LogP contribution in [-0.2, 0) is 10.0 Å². The average molecular weight is 430 g/mol.